The Hall–Kier alpha value is -2.17. The van der Waals surface area contributed by atoms with Gasteiger partial charge in [0.05, 0.1) is 18.1 Å². The third-order valence-electron chi connectivity index (χ3n) is 2.42. The van der Waals surface area contributed by atoms with Crippen LogP contribution in [0.5, 0.6) is 0 Å². The van der Waals surface area contributed by atoms with Gasteiger partial charge in [0.25, 0.3) is 10.0 Å². The number of halogens is 3. The number of hydrogen-bond acceptors (Lipinski definition) is 5. The maximum absolute atomic E-state index is 12.5. The van der Waals surface area contributed by atoms with Crippen LogP contribution in [0.1, 0.15) is 11.4 Å². The third-order valence-corrected chi connectivity index (χ3v) is 3.83. The Morgan fingerprint density at radius 3 is 2.38 bits per heavy atom. The molecule has 0 aliphatic rings. The summed E-state index contributed by atoms with van der Waals surface area (Å²) in [5.41, 5.74) is -0.724. The minimum absolute atomic E-state index is 0.102. The molecule has 0 fully saturated rings. The summed E-state index contributed by atoms with van der Waals surface area (Å²) in [6.45, 7) is 1.65. The molecule has 2 aromatic heterocycles. The highest BCUT2D eigenvalue weighted by Gasteiger charge is 2.36. The normalized spacial score (nSPS) is 12.4. The number of nitrogens with one attached hydrogen (secondary N) is 1. The van der Waals surface area contributed by atoms with Gasteiger partial charge in [0.1, 0.15) is 0 Å². The van der Waals surface area contributed by atoms with Crippen molar-refractivity contribution in [2.45, 2.75) is 18.1 Å². The fraction of sp³-hybridized carbons (Fsp3) is 0.300. The summed E-state index contributed by atoms with van der Waals surface area (Å²) < 4.78 is 64.3. The van der Waals surface area contributed by atoms with Crippen molar-refractivity contribution in [1.82, 2.24) is 19.7 Å². The first-order chi connectivity index (χ1) is 9.59. The van der Waals surface area contributed by atoms with Gasteiger partial charge in [0.15, 0.2) is 16.5 Å². The van der Waals surface area contributed by atoms with Crippen molar-refractivity contribution in [3.8, 4) is 0 Å². The number of nitrogens with zero attached hydrogens (tertiary/aromatic N) is 4. The van der Waals surface area contributed by atoms with E-state index in [0.29, 0.717) is 16.4 Å². The first-order valence-corrected chi connectivity index (χ1v) is 7.00. The topological polar surface area (TPSA) is 89.8 Å². The van der Waals surface area contributed by atoms with Gasteiger partial charge in [-0.15, -0.1) is 0 Å². The summed E-state index contributed by atoms with van der Waals surface area (Å²) in [5, 5.41) is 2.51. The molecule has 1 N–H and O–H groups in total. The van der Waals surface area contributed by atoms with Crippen LogP contribution >= 0.6 is 0 Å². The second kappa shape index (κ2) is 4.98. The van der Waals surface area contributed by atoms with E-state index in [0.717, 1.165) is 13.2 Å². The van der Waals surface area contributed by atoms with Gasteiger partial charge in [0, 0.05) is 13.1 Å². The molecule has 0 aromatic carbocycles. The zero-order valence-corrected chi connectivity index (χ0v) is 11.7. The van der Waals surface area contributed by atoms with E-state index in [1.807, 2.05) is 4.72 Å². The highest BCUT2D eigenvalue weighted by molar-refractivity contribution is 7.92. The van der Waals surface area contributed by atoms with E-state index >= 15 is 0 Å². The van der Waals surface area contributed by atoms with E-state index in [4.69, 9.17) is 0 Å². The molecule has 0 spiro atoms. The van der Waals surface area contributed by atoms with Crippen LogP contribution in [0.25, 0.3) is 0 Å². The molecular formula is C10H10F3N5O2S. The maximum atomic E-state index is 12.5. The number of alkyl halides is 3. The lowest BCUT2D eigenvalue weighted by Gasteiger charge is -2.06. The van der Waals surface area contributed by atoms with Gasteiger partial charge in [-0.3, -0.25) is 14.4 Å². The predicted molar refractivity (Wildman–Crippen MR) is 65.8 cm³/mol. The van der Waals surface area contributed by atoms with E-state index in [1.54, 1.807) is 6.92 Å². The molecule has 21 heavy (non-hydrogen) atoms. The number of aromatic nitrogens is 4. The molecule has 2 rings (SSSR count). The summed E-state index contributed by atoms with van der Waals surface area (Å²) in [6.07, 6.45) is -2.24. The van der Waals surface area contributed by atoms with Crippen LogP contribution in [-0.2, 0) is 23.2 Å². The van der Waals surface area contributed by atoms with Crippen LogP contribution in [-0.4, -0.2) is 28.2 Å². The number of sulfonamides is 1. The van der Waals surface area contributed by atoms with E-state index < -0.39 is 26.9 Å². The summed E-state index contributed by atoms with van der Waals surface area (Å²) in [6, 6.07) is 0.448. The highest BCUT2D eigenvalue weighted by atomic mass is 32.2. The Kier molecular flexibility index (Phi) is 3.61. The van der Waals surface area contributed by atoms with Crippen LogP contribution in [0.2, 0.25) is 0 Å². The molecular weight excluding hydrogens is 311 g/mol. The van der Waals surface area contributed by atoms with Crippen LogP contribution in [0.3, 0.4) is 0 Å². The molecule has 0 saturated carbocycles. The molecule has 0 bridgehead atoms. The van der Waals surface area contributed by atoms with Crippen LogP contribution < -0.4 is 4.72 Å². The average molecular weight is 321 g/mol. The number of rotatable bonds is 3. The van der Waals surface area contributed by atoms with E-state index in [9.17, 15) is 21.6 Å². The van der Waals surface area contributed by atoms with Crippen LogP contribution in [0.4, 0.5) is 19.0 Å². The largest absolute Gasteiger partial charge is 0.435 e. The van der Waals surface area contributed by atoms with E-state index in [-0.39, 0.29) is 5.82 Å². The Bertz CT molecular complexity index is 752. The SMILES string of the molecule is Cc1cnc(NS(=O)(=O)c2cc(C(F)(F)F)nn2C)cn1. The average Bonchev–Trinajstić information content (AvgIpc) is 2.75. The predicted octanol–water partition coefficient (Wildman–Crippen LogP) is 1.34. The molecule has 2 aromatic rings. The summed E-state index contributed by atoms with van der Waals surface area (Å²) in [7, 11) is -3.15. The monoisotopic (exact) mass is 321 g/mol. The van der Waals surface area contributed by atoms with Crippen molar-refractivity contribution in [2.24, 2.45) is 7.05 Å². The molecule has 0 saturated heterocycles. The quantitative estimate of drug-likeness (QED) is 0.921. The first kappa shape index (κ1) is 15.2. The molecule has 0 radical (unpaired) electrons. The van der Waals surface area contributed by atoms with Gasteiger partial charge in [0.2, 0.25) is 0 Å². The Morgan fingerprint density at radius 1 is 1.24 bits per heavy atom. The molecule has 0 amide bonds. The van der Waals surface area contributed by atoms with Crippen molar-refractivity contribution < 1.29 is 21.6 Å². The Labute approximate surface area is 117 Å². The minimum Gasteiger partial charge on any atom is -0.261 e. The molecule has 7 nitrogen and oxygen atoms in total. The molecule has 0 atom stereocenters. The van der Waals surface area contributed by atoms with Crippen LogP contribution in [0.15, 0.2) is 23.5 Å². The molecule has 0 aliphatic carbocycles. The van der Waals surface area contributed by atoms with Gasteiger partial charge >= 0.3 is 6.18 Å². The third kappa shape index (κ3) is 3.29. The van der Waals surface area contributed by atoms with Gasteiger partial charge in [-0.25, -0.2) is 4.98 Å². The highest BCUT2D eigenvalue weighted by Crippen LogP contribution is 2.29. The van der Waals surface area contributed by atoms with Crippen molar-refractivity contribution in [3.05, 3.63) is 29.8 Å². The smallest absolute Gasteiger partial charge is 0.261 e. The van der Waals surface area contributed by atoms with Crippen LogP contribution in [0, 0.1) is 6.92 Å². The van der Waals surface area contributed by atoms with Gasteiger partial charge in [-0.2, -0.15) is 26.7 Å². The second-order valence-electron chi connectivity index (χ2n) is 4.14. The number of anilines is 1. The first-order valence-electron chi connectivity index (χ1n) is 5.52. The van der Waals surface area contributed by atoms with Crippen molar-refractivity contribution in [3.63, 3.8) is 0 Å². The zero-order valence-electron chi connectivity index (χ0n) is 10.9. The molecule has 0 unspecified atom stereocenters. The number of hydrogen-bond donors (Lipinski definition) is 1. The van der Waals surface area contributed by atoms with Gasteiger partial charge in [-0.1, -0.05) is 0 Å². The fourth-order valence-corrected chi connectivity index (χ4v) is 2.62. The summed E-state index contributed by atoms with van der Waals surface area (Å²) in [5.74, 6) is -0.102. The van der Waals surface area contributed by atoms with Gasteiger partial charge < -0.3 is 0 Å². The van der Waals surface area contributed by atoms with E-state index in [2.05, 4.69) is 15.1 Å². The fourth-order valence-electron chi connectivity index (χ4n) is 1.48. The minimum atomic E-state index is -4.73. The second-order valence-corrected chi connectivity index (χ2v) is 5.77. The molecule has 2 heterocycles. The molecule has 0 aliphatic heterocycles. The summed E-state index contributed by atoms with van der Waals surface area (Å²) >= 11 is 0. The lowest BCUT2D eigenvalue weighted by Crippen LogP contribution is -2.17. The Morgan fingerprint density at radius 2 is 1.90 bits per heavy atom. The lowest BCUT2D eigenvalue weighted by molar-refractivity contribution is -0.141. The van der Waals surface area contributed by atoms with Gasteiger partial charge in [-0.05, 0) is 6.92 Å². The molecule has 114 valence electrons. The van der Waals surface area contributed by atoms with Crippen molar-refractivity contribution in [1.29, 1.82) is 0 Å². The Balaban J connectivity index is 2.36. The number of aryl methyl sites for hydroxylation is 2. The van der Waals surface area contributed by atoms with E-state index in [1.165, 1.54) is 6.20 Å². The lowest BCUT2D eigenvalue weighted by atomic mass is 10.4. The zero-order chi connectivity index (χ0) is 15.8. The summed E-state index contributed by atoms with van der Waals surface area (Å²) in [4.78, 5) is 7.60. The standard InChI is InChI=1S/C10H10F3N5O2S/c1-6-4-15-8(5-14-6)17-21(19,20)9-3-7(10(11,12)13)16-18(9)2/h3-5H,1-2H3,(H,15,17). The maximum Gasteiger partial charge on any atom is 0.435 e. The molecule has 11 heteroatoms. The van der Waals surface area contributed by atoms with Crippen molar-refractivity contribution >= 4 is 15.8 Å². The van der Waals surface area contributed by atoms with Crippen molar-refractivity contribution in [2.75, 3.05) is 4.72 Å².